The second-order valence-electron chi connectivity index (χ2n) is 4.73. The van der Waals surface area contributed by atoms with Gasteiger partial charge in [0.2, 0.25) is 0 Å². The Hall–Kier alpha value is -1.04. The van der Waals surface area contributed by atoms with Crippen LogP contribution < -0.4 is 10.6 Å². The first kappa shape index (κ1) is 14.9. The lowest BCUT2D eigenvalue weighted by atomic mass is 10.1. The molecule has 0 fully saturated rings. The fraction of sp³-hybridized carbons (Fsp3) is 0.133. The molecule has 0 aliphatic carbocycles. The Morgan fingerprint density at radius 2 is 1.76 bits per heavy atom. The van der Waals surface area contributed by atoms with Crippen LogP contribution in [-0.4, -0.2) is 12.5 Å². The highest BCUT2D eigenvalue weighted by Gasteiger charge is 2.30. The fourth-order valence-corrected chi connectivity index (χ4v) is 3.48. The summed E-state index contributed by atoms with van der Waals surface area (Å²) in [6, 6.07) is 13.9. The van der Waals surface area contributed by atoms with Gasteiger partial charge in [-0.05, 0) is 42.0 Å². The monoisotopic (exact) mass is 427 g/mol. The van der Waals surface area contributed by atoms with Crippen molar-refractivity contribution in [1.82, 2.24) is 0 Å². The molecule has 3 rings (SSSR count). The van der Waals surface area contributed by atoms with Crippen LogP contribution in [0, 0.1) is 0 Å². The molecule has 2 aromatic rings. The van der Waals surface area contributed by atoms with Crippen LogP contribution in [0.1, 0.15) is 11.6 Å². The fourth-order valence-electron chi connectivity index (χ4n) is 2.42. The van der Waals surface area contributed by atoms with Gasteiger partial charge in [-0.3, -0.25) is 4.99 Å². The minimum atomic E-state index is 0.0202. The third-order valence-electron chi connectivity index (χ3n) is 3.41. The highest BCUT2D eigenvalue weighted by Crippen LogP contribution is 2.36. The minimum Gasteiger partial charge on any atom is -0.369 e. The lowest BCUT2D eigenvalue weighted by Crippen LogP contribution is -2.36. The summed E-state index contributed by atoms with van der Waals surface area (Å²) in [4.78, 5) is 6.39. The maximum atomic E-state index is 6.38. The van der Waals surface area contributed by atoms with Crippen molar-refractivity contribution >= 4 is 55.1 Å². The zero-order valence-corrected chi connectivity index (χ0v) is 14.9. The summed E-state index contributed by atoms with van der Waals surface area (Å²) < 4.78 is 1.98. The molecule has 0 aromatic heterocycles. The van der Waals surface area contributed by atoms with Gasteiger partial charge in [0.05, 0.1) is 12.6 Å². The summed E-state index contributed by atoms with van der Waals surface area (Å²) >= 11 is 13.2. The van der Waals surface area contributed by atoms with E-state index in [2.05, 4.69) is 36.9 Å². The summed E-state index contributed by atoms with van der Waals surface area (Å²) in [5, 5.41) is 0.710. The van der Waals surface area contributed by atoms with Crippen LogP contribution in [0.2, 0.25) is 5.02 Å². The van der Waals surface area contributed by atoms with Gasteiger partial charge in [-0.25, -0.2) is 0 Å². The maximum absolute atomic E-state index is 6.38. The van der Waals surface area contributed by atoms with Gasteiger partial charge in [0, 0.05) is 19.7 Å². The van der Waals surface area contributed by atoms with Crippen molar-refractivity contribution in [1.29, 1.82) is 0 Å². The molecule has 0 amide bonds. The highest BCUT2D eigenvalue weighted by atomic mass is 79.9. The molecule has 108 valence electrons. The van der Waals surface area contributed by atoms with E-state index >= 15 is 0 Å². The van der Waals surface area contributed by atoms with Crippen molar-refractivity contribution in [2.75, 3.05) is 11.4 Å². The second-order valence-corrected chi connectivity index (χ2v) is 6.97. The highest BCUT2D eigenvalue weighted by molar-refractivity contribution is 9.10. The summed E-state index contributed by atoms with van der Waals surface area (Å²) in [5.41, 5.74) is 8.09. The Labute approximate surface area is 145 Å². The summed E-state index contributed by atoms with van der Waals surface area (Å²) in [6.45, 7) is 0.600. The van der Waals surface area contributed by atoms with E-state index in [0.29, 0.717) is 17.5 Å². The molecule has 1 atom stereocenters. The molecule has 0 saturated carbocycles. The van der Waals surface area contributed by atoms with Gasteiger partial charge in [0.15, 0.2) is 5.96 Å². The molecule has 21 heavy (non-hydrogen) atoms. The zero-order chi connectivity index (χ0) is 15.0. The lowest BCUT2D eigenvalue weighted by molar-refractivity contribution is 0.769. The van der Waals surface area contributed by atoms with Crippen LogP contribution >= 0.6 is 43.5 Å². The SMILES string of the molecule is NC1=NCC(c2ccc(Br)cc2Cl)N1c1ccc(Br)cc1. The Morgan fingerprint density at radius 3 is 2.43 bits per heavy atom. The Balaban J connectivity index is 2.00. The predicted molar refractivity (Wildman–Crippen MR) is 95.0 cm³/mol. The van der Waals surface area contributed by atoms with Crippen molar-refractivity contribution < 1.29 is 0 Å². The van der Waals surface area contributed by atoms with Crippen molar-refractivity contribution in [3.05, 3.63) is 62.0 Å². The van der Waals surface area contributed by atoms with Crippen LogP contribution in [0.15, 0.2) is 56.4 Å². The molecule has 0 bridgehead atoms. The van der Waals surface area contributed by atoms with E-state index in [0.717, 1.165) is 20.2 Å². The Morgan fingerprint density at radius 1 is 1.10 bits per heavy atom. The van der Waals surface area contributed by atoms with Gasteiger partial charge in [0.25, 0.3) is 0 Å². The predicted octanol–water partition coefficient (Wildman–Crippen LogP) is 4.74. The van der Waals surface area contributed by atoms with E-state index in [1.807, 2.05) is 47.4 Å². The average Bonchev–Trinajstić information content (AvgIpc) is 2.82. The van der Waals surface area contributed by atoms with Gasteiger partial charge < -0.3 is 10.6 Å². The quantitative estimate of drug-likeness (QED) is 0.749. The molecule has 3 nitrogen and oxygen atoms in total. The number of guanidine groups is 1. The molecule has 0 radical (unpaired) electrons. The van der Waals surface area contributed by atoms with Crippen LogP contribution in [0.3, 0.4) is 0 Å². The molecule has 1 unspecified atom stereocenters. The number of benzene rings is 2. The van der Waals surface area contributed by atoms with E-state index in [4.69, 9.17) is 17.3 Å². The van der Waals surface area contributed by atoms with Gasteiger partial charge in [-0.1, -0.05) is 49.5 Å². The molecular weight excluding hydrogens is 417 g/mol. The average molecular weight is 430 g/mol. The number of aliphatic imine (C=N–C) groups is 1. The summed E-state index contributed by atoms with van der Waals surface area (Å²) in [7, 11) is 0. The van der Waals surface area contributed by atoms with E-state index in [1.54, 1.807) is 0 Å². The number of nitrogens with zero attached hydrogens (tertiary/aromatic N) is 2. The third-order valence-corrected chi connectivity index (χ3v) is 4.76. The largest absolute Gasteiger partial charge is 0.369 e. The molecule has 0 spiro atoms. The second kappa shape index (κ2) is 5.99. The zero-order valence-electron chi connectivity index (χ0n) is 10.9. The van der Waals surface area contributed by atoms with Crippen LogP contribution in [-0.2, 0) is 0 Å². The Kier molecular flexibility index (Phi) is 4.24. The molecule has 1 aliphatic rings. The first-order chi connectivity index (χ1) is 10.1. The van der Waals surface area contributed by atoms with Gasteiger partial charge in [-0.2, -0.15) is 0 Å². The molecular formula is C15H12Br2ClN3. The van der Waals surface area contributed by atoms with E-state index in [1.165, 1.54) is 0 Å². The molecule has 2 aromatic carbocycles. The topological polar surface area (TPSA) is 41.6 Å². The Bertz CT molecular complexity index is 701. The summed E-state index contributed by atoms with van der Waals surface area (Å²) in [6.07, 6.45) is 0. The molecule has 2 N–H and O–H groups in total. The van der Waals surface area contributed by atoms with Crippen molar-refractivity contribution in [3.63, 3.8) is 0 Å². The molecule has 1 heterocycles. The van der Waals surface area contributed by atoms with Crippen LogP contribution in [0.5, 0.6) is 0 Å². The number of hydrogen-bond donors (Lipinski definition) is 1. The normalized spacial score (nSPS) is 18.0. The lowest BCUT2D eigenvalue weighted by Gasteiger charge is -2.27. The van der Waals surface area contributed by atoms with Gasteiger partial charge in [-0.15, -0.1) is 0 Å². The van der Waals surface area contributed by atoms with Gasteiger partial charge >= 0.3 is 0 Å². The third kappa shape index (κ3) is 2.96. The maximum Gasteiger partial charge on any atom is 0.196 e. The van der Waals surface area contributed by atoms with E-state index in [-0.39, 0.29) is 6.04 Å². The molecule has 1 aliphatic heterocycles. The minimum absolute atomic E-state index is 0.0202. The number of halogens is 3. The molecule has 0 saturated heterocycles. The van der Waals surface area contributed by atoms with Crippen LogP contribution in [0.25, 0.3) is 0 Å². The smallest absolute Gasteiger partial charge is 0.196 e. The molecule has 6 heteroatoms. The van der Waals surface area contributed by atoms with Crippen LogP contribution in [0.4, 0.5) is 5.69 Å². The number of nitrogens with two attached hydrogens (primary N) is 1. The van der Waals surface area contributed by atoms with E-state index < -0.39 is 0 Å². The number of hydrogen-bond acceptors (Lipinski definition) is 3. The summed E-state index contributed by atoms with van der Waals surface area (Å²) in [5.74, 6) is 0.515. The van der Waals surface area contributed by atoms with Gasteiger partial charge in [0.1, 0.15) is 0 Å². The number of rotatable bonds is 2. The standard InChI is InChI=1S/C15H12Br2ClN3/c16-9-1-4-11(5-2-9)21-14(8-20-15(21)19)12-6-3-10(17)7-13(12)18/h1-7,14H,8H2,(H2,19,20). The van der Waals surface area contributed by atoms with E-state index in [9.17, 15) is 0 Å². The van der Waals surface area contributed by atoms with Crippen molar-refractivity contribution in [2.45, 2.75) is 6.04 Å². The van der Waals surface area contributed by atoms with Crippen molar-refractivity contribution in [3.8, 4) is 0 Å². The number of anilines is 1. The first-order valence-electron chi connectivity index (χ1n) is 6.36. The first-order valence-corrected chi connectivity index (χ1v) is 8.32. The van der Waals surface area contributed by atoms with Crippen molar-refractivity contribution in [2.24, 2.45) is 10.7 Å².